The fourth-order valence-corrected chi connectivity index (χ4v) is 1.12. The van der Waals surface area contributed by atoms with Crippen LogP contribution in [0.5, 0.6) is 0 Å². The Labute approximate surface area is 75.0 Å². The third kappa shape index (κ3) is 3.30. The summed E-state index contributed by atoms with van der Waals surface area (Å²) in [6.45, 7) is 3.84. The third-order valence-electron chi connectivity index (χ3n) is 1.13. The Hall–Kier alpha value is -1.16. The fourth-order valence-electron chi connectivity index (χ4n) is 0.589. The van der Waals surface area contributed by atoms with Crippen LogP contribution in [0.15, 0.2) is 28.4 Å². The van der Waals surface area contributed by atoms with Crippen LogP contribution in [0.2, 0.25) is 0 Å². The van der Waals surface area contributed by atoms with Crippen molar-refractivity contribution in [3.8, 4) is 0 Å². The quantitative estimate of drug-likeness (QED) is 0.628. The maximum Gasteiger partial charge on any atom is 0.223 e. The lowest BCUT2D eigenvalue weighted by Crippen LogP contribution is -1.59. The van der Waals surface area contributed by atoms with Crippen LogP contribution < -0.4 is 0 Å². The van der Waals surface area contributed by atoms with Gasteiger partial charge in [0.2, 0.25) is 5.89 Å². The van der Waals surface area contributed by atoms with Crippen molar-refractivity contribution in [1.29, 1.82) is 0 Å². The average Bonchev–Trinajstić information content (AvgIpc) is 2.63. The maximum absolute atomic E-state index is 4.47. The normalized spacial score (nSPS) is 8.83. The molecule has 0 fully saturated rings. The Morgan fingerprint density at radius 2 is 2.25 bits per heavy atom. The summed E-state index contributed by atoms with van der Waals surface area (Å²) in [4.78, 5) is 5.02. The van der Waals surface area contributed by atoms with Gasteiger partial charge in [0.25, 0.3) is 0 Å². The van der Waals surface area contributed by atoms with Gasteiger partial charge in [0.15, 0.2) is 6.33 Å². The molecular formula is C8H10N2OS. The molecule has 0 saturated carbocycles. The molecule has 0 aliphatic carbocycles. The molecule has 0 bridgehead atoms. The zero-order valence-corrected chi connectivity index (χ0v) is 7.84. The Kier molecular flexibility index (Phi) is 3.47. The van der Waals surface area contributed by atoms with Gasteiger partial charge in [-0.2, -0.15) is 4.98 Å². The molecular weight excluding hydrogens is 172 g/mol. The highest BCUT2D eigenvalue weighted by Crippen LogP contribution is 2.03. The second-order valence-corrected chi connectivity index (χ2v) is 3.34. The van der Waals surface area contributed by atoms with Gasteiger partial charge in [-0.05, 0) is 18.4 Å². The van der Waals surface area contributed by atoms with E-state index >= 15 is 0 Å². The van der Waals surface area contributed by atoms with Gasteiger partial charge in [0, 0.05) is 11.8 Å². The summed E-state index contributed by atoms with van der Waals surface area (Å²) >= 11 is 1.78. The van der Waals surface area contributed by atoms with E-state index in [9.17, 15) is 0 Å². The first kappa shape index (κ1) is 8.93. The Morgan fingerprint density at radius 1 is 1.42 bits per heavy atom. The monoisotopic (exact) mass is 182 g/mol. The number of hydrogen-bond acceptors (Lipinski definition) is 4. The van der Waals surface area contributed by atoms with E-state index in [2.05, 4.69) is 39.1 Å². The molecule has 0 atom stereocenters. The molecule has 0 spiro atoms. The van der Waals surface area contributed by atoms with Gasteiger partial charge in [-0.3, -0.25) is 0 Å². The first-order valence-corrected chi connectivity index (χ1v) is 4.40. The maximum atomic E-state index is 4.47. The largest absolute Gasteiger partial charge is 0.340 e. The van der Waals surface area contributed by atoms with E-state index < -0.39 is 0 Å². The zero-order valence-electron chi connectivity index (χ0n) is 7.02. The van der Waals surface area contributed by atoms with Gasteiger partial charge in [-0.15, -0.1) is 11.3 Å². The molecule has 0 unspecified atom stereocenters. The van der Waals surface area contributed by atoms with E-state index in [-0.39, 0.29) is 0 Å². The van der Waals surface area contributed by atoms with Gasteiger partial charge < -0.3 is 4.52 Å². The summed E-state index contributed by atoms with van der Waals surface area (Å²) in [5.74, 6) is 0.606. The smallest absolute Gasteiger partial charge is 0.223 e. The van der Waals surface area contributed by atoms with Crippen LogP contribution in [-0.4, -0.2) is 10.1 Å². The van der Waals surface area contributed by atoms with Crippen LogP contribution >= 0.6 is 11.3 Å². The van der Waals surface area contributed by atoms with Crippen molar-refractivity contribution in [1.82, 2.24) is 10.1 Å². The SMILES string of the molecule is Cc1cccs1.Cc1ncno1. The Balaban J connectivity index is 0.000000120. The molecule has 2 aromatic rings. The van der Waals surface area contributed by atoms with Crippen LogP contribution in [0, 0.1) is 13.8 Å². The highest BCUT2D eigenvalue weighted by Gasteiger charge is 1.79. The third-order valence-corrected chi connectivity index (χ3v) is 1.94. The van der Waals surface area contributed by atoms with Gasteiger partial charge in [-0.25, -0.2) is 0 Å². The zero-order chi connectivity index (χ0) is 8.81. The van der Waals surface area contributed by atoms with E-state index in [1.165, 1.54) is 11.2 Å². The first-order chi connectivity index (χ1) is 5.79. The lowest BCUT2D eigenvalue weighted by atomic mass is 10.5. The second-order valence-electron chi connectivity index (χ2n) is 2.18. The molecule has 0 N–H and O–H groups in total. The predicted molar refractivity (Wildman–Crippen MR) is 48.1 cm³/mol. The minimum Gasteiger partial charge on any atom is -0.340 e. The van der Waals surface area contributed by atoms with Crippen molar-refractivity contribution < 1.29 is 4.52 Å². The molecule has 64 valence electrons. The van der Waals surface area contributed by atoms with Gasteiger partial charge in [-0.1, -0.05) is 11.2 Å². The van der Waals surface area contributed by atoms with Crippen LogP contribution in [0.25, 0.3) is 0 Å². The van der Waals surface area contributed by atoms with Crippen molar-refractivity contribution in [2.45, 2.75) is 13.8 Å². The van der Waals surface area contributed by atoms with Crippen molar-refractivity contribution in [3.63, 3.8) is 0 Å². The fraction of sp³-hybridized carbons (Fsp3) is 0.250. The lowest BCUT2D eigenvalue weighted by molar-refractivity contribution is 0.392. The van der Waals surface area contributed by atoms with Crippen LogP contribution in [0.3, 0.4) is 0 Å². The van der Waals surface area contributed by atoms with Crippen LogP contribution in [-0.2, 0) is 0 Å². The predicted octanol–water partition coefficient (Wildman–Crippen LogP) is 2.43. The van der Waals surface area contributed by atoms with Crippen molar-refractivity contribution in [2.75, 3.05) is 0 Å². The summed E-state index contributed by atoms with van der Waals surface area (Å²) < 4.78 is 4.47. The molecule has 0 saturated heterocycles. The van der Waals surface area contributed by atoms with E-state index in [0.717, 1.165) is 0 Å². The van der Waals surface area contributed by atoms with Crippen molar-refractivity contribution in [3.05, 3.63) is 34.6 Å². The standard InChI is InChI=1S/C5H6S.C3H4N2O/c1-5-3-2-4-6-5;1-3-4-2-5-6-3/h2-4H,1H3;2H,1H3. The number of aromatic nitrogens is 2. The highest BCUT2D eigenvalue weighted by molar-refractivity contribution is 7.09. The Morgan fingerprint density at radius 3 is 2.42 bits per heavy atom. The number of nitrogens with zero attached hydrogens (tertiary/aromatic N) is 2. The van der Waals surface area contributed by atoms with Crippen LogP contribution in [0.1, 0.15) is 10.8 Å². The Bertz CT molecular complexity index is 256. The molecule has 2 heterocycles. The summed E-state index contributed by atoms with van der Waals surface area (Å²) in [6, 6.07) is 4.16. The van der Waals surface area contributed by atoms with Gasteiger partial charge >= 0.3 is 0 Å². The average molecular weight is 182 g/mol. The number of thiophene rings is 1. The molecule has 0 aliphatic rings. The molecule has 0 aromatic carbocycles. The molecule has 4 heteroatoms. The minimum absolute atomic E-state index is 0.606. The molecule has 0 radical (unpaired) electrons. The van der Waals surface area contributed by atoms with E-state index in [0.29, 0.717) is 5.89 Å². The van der Waals surface area contributed by atoms with Gasteiger partial charge in [0.1, 0.15) is 0 Å². The summed E-state index contributed by atoms with van der Waals surface area (Å²) in [7, 11) is 0. The molecule has 2 rings (SSSR count). The number of hydrogen-bond donors (Lipinski definition) is 0. The van der Waals surface area contributed by atoms with Crippen molar-refractivity contribution in [2.24, 2.45) is 0 Å². The molecule has 0 amide bonds. The first-order valence-electron chi connectivity index (χ1n) is 3.52. The summed E-state index contributed by atoms with van der Waals surface area (Å²) in [5.41, 5.74) is 0. The molecule has 0 aliphatic heterocycles. The van der Waals surface area contributed by atoms with E-state index in [1.807, 2.05) is 0 Å². The number of rotatable bonds is 0. The van der Waals surface area contributed by atoms with Gasteiger partial charge in [0.05, 0.1) is 0 Å². The van der Waals surface area contributed by atoms with Crippen molar-refractivity contribution >= 4 is 11.3 Å². The van der Waals surface area contributed by atoms with Crippen LogP contribution in [0.4, 0.5) is 0 Å². The van der Waals surface area contributed by atoms with E-state index in [1.54, 1.807) is 18.3 Å². The topological polar surface area (TPSA) is 38.9 Å². The lowest BCUT2D eigenvalue weighted by Gasteiger charge is -1.65. The molecule has 12 heavy (non-hydrogen) atoms. The molecule has 3 nitrogen and oxygen atoms in total. The second kappa shape index (κ2) is 4.66. The summed E-state index contributed by atoms with van der Waals surface area (Å²) in [5, 5.41) is 5.41. The van der Waals surface area contributed by atoms with E-state index in [4.69, 9.17) is 0 Å². The minimum atomic E-state index is 0.606. The highest BCUT2D eigenvalue weighted by atomic mass is 32.1. The summed E-state index contributed by atoms with van der Waals surface area (Å²) in [6.07, 6.45) is 1.37. The molecule has 2 aromatic heterocycles. The number of aryl methyl sites for hydroxylation is 2.